The Morgan fingerprint density at radius 2 is 2.00 bits per heavy atom. The lowest BCUT2D eigenvalue weighted by Crippen LogP contribution is -2.07. The predicted molar refractivity (Wildman–Crippen MR) is 99.4 cm³/mol. The highest BCUT2D eigenvalue weighted by Crippen LogP contribution is 2.37. The number of carbonyl (C=O) groups excluding carboxylic acids is 1. The molecule has 5 nitrogen and oxygen atoms in total. The van der Waals surface area contributed by atoms with Gasteiger partial charge in [0.05, 0.1) is 23.9 Å². The first-order valence-corrected chi connectivity index (χ1v) is 9.54. The minimum atomic E-state index is -4.57. The number of thiophene rings is 1. The lowest BCUT2D eigenvalue weighted by molar-refractivity contribution is -0.141. The van der Waals surface area contributed by atoms with E-state index in [1.807, 2.05) is 6.92 Å². The number of aryl methyl sites for hydroxylation is 2. The number of fused-ring (bicyclic) bond motifs is 1. The van der Waals surface area contributed by atoms with E-state index in [9.17, 15) is 22.4 Å². The molecule has 0 radical (unpaired) electrons. The summed E-state index contributed by atoms with van der Waals surface area (Å²) in [7, 11) is 2.65. The van der Waals surface area contributed by atoms with Crippen molar-refractivity contribution >= 4 is 27.4 Å². The van der Waals surface area contributed by atoms with E-state index >= 15 is 0 Å². The van der Waals surface area contributed by atoms with E-state index in [1.165, 1.54) is 20.2 Å². The van der Waals surface area contributed by atoms with Gasteiger partial charge in [0.2, 0.25) is 0 Å². The zero-order valence-electron chi connectivity index (χ0n) is 15.9. The van der Waals surface area contributed by atoms with E-state index in [-0.39, 0.29) is 24.5 Å². The topological polar surface area (TPSA) is 53.4 Å². The summed E-state index contributed by atoms with van der Waals surface area (Å²) >= 11 is 1.14. The summed E-state index contributed by atoms with van der Waals surface area (Å²) in [5.74, 6) is -1.10. The minimum Gasteiger partial charge on any atom is -0.484 e. The Morgan fingerprint density at radius 3 is 2.59 bits per heavy atom. The summed E-state index contributed by atoms with van der Waals surface area (Å²) in [5.41, 5.74) is 0.569. The van der Waals surface area contributed by atoms with Gasteiger partial charge in [-0.05, 0) is 35.1 Å². The van der Waals surface area contributed by atoms with E-state index < -0.39 is 23.7 Å². The summed E-state index contributed by atoms with van der Waals surface area (Å²) in [6.07, 6.45) is -3.98. The van der Waals surface area contributed by atoms with Crippen molar-refractivity contribution in [2.75, 3.05) is 7.11 Å². The number of halogens is 4. The Morgan fingerprint density at radius 1 is 1.28 bits per heavy atom. The molecule has 156 valence electrons. The van der Waals surface area contributed by atoms with Gasteiger partial charge in [0.25, 0.3) is 0 Å². The molecule has 0 N–H and O–H groups in total. The van der Waals surface area contributed by atoms with Crippen LogP contribution in [0.25, 0.3) is 10.1 Å². The smallest absolute Gasteiger partial charge is 0.435 e. The molecule has 0 amide bonds. The molecule has 0 unspecified atom stereocenters. The Balaban J connectivity index is 1.92. The van der Waals surface area contributed by atoms with E-state index in [2.05, 4.69) is 9.84 Å². The minimum absolute atomic E-state index is 0.0262. The first kappa shape index (κ1) is 21.1. The number of nitrogens with zero attached hydrogens (tertiary/aromatic N) is 2. The van der Waals surface area contributed by atoms with Crippen LogP contribution in [0.5, 0.6) is 5.75 Å². The molecule has 0 aliphatic rings. The second kappa shape index (κ2) is 8.02. The molecule has 0 saturated carbocycles. The highest BCUT2D eigenvalue weighted by Gasteiger charge is 2.34. The Hall–Kier alpha value is -2.62. The lowest BCUT2D eigenvalue weighted by Gasteiger charge is -2.11. The third kappa shape index (κ3) is 4.21. The molecule has 2 heterocycles. The largest absolute Gasteiger partial charge is 0.484 e. The summed E-state index contributed by atoms with van der Waals surface area (Å²) in [6.45, 7) is 1.61. The van der Waals surface area contributed by atoms with Crippen molar-refractivity contribution in [1.29, 1.82) is 0 Å². The molecule has 0 spiro atoms. The van der Waals surface area contributed by atoms with Crippen LogP contribution in [-0.4, -0.2) is 22.9 Å². The Labute approximate surface area is 167 Å². The average molecular weight is 430 g/mol. The molecule has 1 aromatic carbocycles. The van der Waals surface area contributed by atoms with Gasteiger partial charge in [-0.1, -0.05) is 6.92 Å². The molecule has 0 bridgehead atoms. The van der Waals surface area contributed by atoms with Crippen molar-refractivity contribution in [3.8, 4) is 5.75 Å². The molecule has 2 aromatic heterocycles. The van der Waals surface area contributed by atoms with E-state index in [0.717, 1.165) is 27.6 Å². The molecule has 3 aromatic rings. The van der Waals surface area contributed by atoms with Gasteiger partial charge in [-0.15, -0.1) is 11.3 Å². The number of carbonyl (C=O) groups is 1. The van der Waals surface area contributed by atoms with Crippen LogP contribution in [-0.2, 0) is 42.2 Å². The average Bonchev–Trinajstić information content (AvgIpc) is 3.25. The molecule has 0 saturated heterocycles. The van der Waals surface area contributed by atoms with Crippen molar-refractivity contribution < 1.29 is 31.8 Å². The maximum Gasteiger partial charge on any atom is 0.435 e. The van der Waals surface area contributed by atoms with Gasteiger partial charge in [0.15, 0.2) is 17.3 Å². The number of methoxy groups -OCH3 is 1. The van der Waals surface area contributed by atoms with Gasteiger partial charge in [-0.2, -0.15) is 18.3 Å². The third-order valence-electron chi connectivity index (χ3n) is 4.50. The molecular formula is C19H18F4N2O3S. The second-order valence-electron chi connectivity index (χ2n) is 6.35. The number of alkyl halides is 3. The van der Waals surface area contributed by atoms with Gasteiger partial charge in [-0.3, -0.25) is 9.48 Å². The SMILES string of the molecule is CCc1cc(OCc2cc(C(F)(F)F)nn2C)c(F)c2scc(CC(=O)OC)c12. The number of hydrogen-bond donors (Lipinski definition) is 0. The number of hydrogen-bond acceptors (Lipinski definition) is 5. The fourth-order valence-corrected chi connectivity index (χ4v) is 4.03. The molecule has 0 atom stereocenters. The number of rotatable bonds is 6. The van der Waals surface area contributed by atoms with Crippen molar-refractivity contribution in [1.82, 2.24) is 9.78 Å². The van der Waals surface area contributed by atoms with Crippen LogP contribution in [0.4, 0.5) is 17.6 Å². The van der Waals surface area contributed by atoms with Crippen molar-refractivity contribution in [2.45, 2.75) is 32.5 Å². The zero-order valence-corrected chi connectivity index (χ0v) is 16.7. The summed E-state index contributed by atoms with van der Waals surface area (Å²) in [4.78, 5) is 11.6. The van der Waals surface area contributed by atoms with Gasteiger partial charge in [0, 0.05) is 12.4 Å². The van der Waals surface area contributed by atoms with Crippen LogP contribution in [0.1, 0.15) is 29.4 Å². The first-order valence-electron chi connectivity index (χ1n) is 8.66. The normalized spacial score (nSPS) is 11.8. The van der Waals surface area contributed by atoms with Gasteiger partial charge < -0.3 is 9.47 Å². The van der Waals surface area contributed by atoms with E-state index in [4.69, 9.17) is 4.74 Å². The molecular weight excluding hydrogens is 412 g/mol. The van der Waals surface area contributed by atoms with Crippen molar-refractivity contribution in [2.24, 2.45) is 7.05 Å². The molecule has 0 aliphatic heterocycles. The predicted octanol–water partition coefficient (Wildman–Crippen LogP) is 4.65. The van der Waals surface area contributed by atoms with Crippen LogP contribution >= 0.6 is 11.3 Å². The monoisotopic (exact) mass is 430 g/mol. The Kier molecular flexibility index (Phi) is 5.83. The highest BCUT2D eigenvalue weighted by atomic mass is 32.1. The summed E-state index contributed by atoms with van der Waals surface area (Å²) in [5, 5.41) is 5.76. The number of benzene rings is 1. The fraction of sp³-hybridized carbons (Fsp3) is 0.368. The number of aromatic nitrogens is 2. The van der Waals surface area contributed by atoms with E-state index in [1.54, 1.807) is 5.38 Å². The first-order chi connectivity index (χ1) is 13.7. The van der Waals surface area contributed by atoms with Crippen LogP contribution in [0, 0.1) is 5.82 Å². The maximum absolute atomic E-state index is 15.0. The van der Waals surface area contributed by atoms with Crippen LogP contribution in [0.2, 0.25) is 0 Å². The van der Waals surface area contributed by atoms with Crippen LogP contribution < -0.4 is 4.74 Å². The molecule has 29 heavy (non-hydrogen) atoms. The van der Waals surface area contributed by atoms with Gasteiger partial charge in [0.1, 0.15) is 6.61 Å². The van der Waals surface area contributed by atoms with Crippen LogP contribution in [0.3, 0.4) is 0 Å². The quantitative estimate of drug-likeness (QED) is 0.422. The van der Waals surface area contributed by atoms with E-state index in [0.29, 0.717) is 22.1 Å². The van der Waals surface area contributed by atoms with Gasteiger partial charge in [-0.25, -0.2) is 4.39 Å². The molecule has 0 aliphatic carbocycles. The molecule has 0 fully saturated rings. The standard InChI is InChI=1S/C19H18F4N2O3S/c1-4-10-5-13(28-8-12-7-14(19(21,22)23)24-25(12)2)17(20)18-16(10)11(9-29-18)6-15(26)27-3/h5,7,9H,4,6,8H2,1-3H3. The number of ether oxygens (including phenoxy) is 2. The van der Waals surface area contributed by atoms with Crippen molar-refractivity contribution in [3.63, 3.8) is 0 Å². The fourth-order valence-electron chi connectivity index (χ4n) is 2.99. The maximum atomic E-state index is 15.0. The second-order valence-corrected chi connectivity index (χ2v) is 7.23. The van der Waals surface area contributed by atoms with Gasteiger partial charge >= 0.3 is 12.1 Å². The van der Waals surface area contributed by atoms with Crippen molar-refractivity contribution in [3.05, 3.63) is 45.8 Å². The summed E-state index contributed by atoms with van der Waals surface area (Å²) in [6, 6.07) is 2.39. The Bertz CT molecular complexity index is 1060. The molecule has 3 rings (SSSR count). The lowest BCUT2D eigenvalue weighted by atomic mass is 10.0. The zero-order chi connectivity index (χ0) is 21.3. The third-order valence-corrected chi connectivity index (χ3v) is 5.52. The highest BCUT2D eigenvalue weighted by molar-refractivity contribution is 7.17. The summed E-state index contributed by atoms with van der Waals surface area (Å²) < 4.78 is 64.9. The van der Waals surface area contributed by atoms with Crippen LogP contribution in [0.15, 0.2) is 17.5 Å². The molecule has 10 heteroatoms. The number of esters is 1.